The molecule has 0 radical (unpaired) electrons. The van der Waals surface area contributed by atoms with Crippen LogP contribution < -0.4 is 10.1 Å². The van der Waals surface area contributed by atoms with Gasteiger partial charge in [-0.3, -0.25) is 4.79 Å². The SMILES string of the molecule is O=C(NCc1nc2ccccc2n1CCCCOc1ccccc1)c1ccc(Br)cc1. The van der Waals surface area contributed by atoms with E-state index in [4.69, 9.17) is 9.72 Å². The zero-order chi connectivity index (χ0) is 21.5. The second-order valence-corrected chi connectivity index (χ2v) is 8.14. The Balaban J connectivity index is 1.38. The Bertz CT molecular complexity index is 1140. The van der Waals surface area contributed by atoms with E-state index in [-0.39, 0.29) is 5.91 Å². The Hall–Kier alpha value is -3.12. The van der Waals surface area contributed by atoms with Crippen molar-refractivity contribution in [1.82, 2.24) is 14.9 Å². The monoisotopic (exact) mass is 477 g/mol. The van der Waals surface area contributed by atoms with E-state index >= 15 is 0 Å². The smallest absolute Gasteiger partial charge is 0.251 e. The van der Waals surface area contributed by atoms with Gasteiger partial charge in [-0.2, -0.15) is 0 Å². The number of para-hydroxylation sites is 3. The van der Waals surface area contributed by atoms with Crippen molar-refractivity contribution < 1.29 is 9.53 Å². The lowest BCUT2D eigenvalue weighted by atomic mass is 10.2. The molecular formula is C25H24BrN3O2. The van der Waals surface area contributed by atoms with Crippen molar-refractivity contribution in [2.45, 2.75) is 25.9 Å². The predicted octanol–water partition coefficient (Wildman–Crippen LogP) is 5.59. The number of hydrogen-bond acceptors (Lipinski definition) is 3. The molecule has 0 fully saturated rings. The van der Waals surface area contributed by atoms with Gasteiger partial charge in [0.15, 0.2) is 0 Å². The van der Waals surface area contributed by atoms with Crippen LogP contribution >= 0.6 is 15.9 Å². The third kappa shape index (κ3) is 5.52. The van der Waals surface area contributed by atoms with E-state index in [1.807, 2.05) is 60.7 Å². The molecule has 0 unspecified atom stereocenters. The molecule has 5 nitrogen and oxygen atoms in total. The highest BCUT2D eigenvalue weighted by Gasteiger charge is 2.12. The van der Waals surface area contributed by atoms with Gasteiger partial charge >= 0.3 is 0 Å². The molecule has 31 heavy (non-hydrogen) atoms. The topological polar surface area (TPSA) is 56.2 Å². The van der Waals surface area contributed by atoms with Gasteiger partial charge in [0.05, 0.1) is 24.2 Å². The molecule has 1 N–H and O–H groups in total. The second kappa shape index (κ2) is 10.3. The number of nitrogens with one attached hydrogen (secondary N) is 1. The lowest BCUT2D eigenvalue weighted by molar-refractivity contribution is 0.0949. The molecule has 0 saturated heterocycles. The first-order valence-electron chi connectivity index (χ1n) is 10.4. The zero-order valence-electron chi connectivity index (χ0n) is 17.1. The third-order valence-corrected chi connectivity index (χ3v) is 5.56. The summed E-state index contributed by atoms with van der Waals surface area (Å²) < 4.78 is 8.93. The van der Waals surface area contributed by atoms with Gasteiger partial charge in [0.2, 0.25) is 0 Å². The van der Waals surface area contributed by atoms with Crippen LogP contribution in [0.15, 0.2) is 83.3 Å². The van der Waals surface area contributed by atoms with Crippen molar-refractivity contribution in [3.8, 4) is 5.75 Å². The highest BCUT2D eigenvalue weighted by Crippen LogP contribution is 2.18. The number of carbonyl (C=O) groups excluding carboxylic acids is 1. The molecule has 1 heterocycles. The predicted molar refractivity (Wildman–Crippen MR) is 126 cm³/mol. The summed E-state index contributed by atoms with van der Waals surface area (Å²) in [6, 6.07) is 25.3. The lowest BCUT2D eigenvalue weighted by Gasteiger charge is -2.11. The Kier molecular flexibility index (Phi) is 6.99. The van der Waals surface area contributed by atoms with E-state index in [9.17, 15) is 4.79 Å². The molecule has 0 atom stereocenters. The number of aromatic nitrogens is 2. The van der Waals surface area contributed by atoms with Crippen LogP contribution in [0.3, 0.4) is 0 Å². The largest absolute Gasteiger partial charge is 0.494 e. The minimum absolute atomic E-state index is 0.109. The molecule has 1 aromatic heterocycles. The first kappa shape index (κ1) is 21.1. The first-order chi connectivity index (χ1) is 15.2. The summed E-state index contributed by atoms with van der Waals surface area (Å²) in [5, 5.41) is 3.00. The van der Waals surface area contributed by atoms with Crippen molar-refractivity contribution in [1.29, 1.82) is 0 Å². The number of carbonyl (C=O) groups is 1. The lowest BCUT2D eigenvalue weighted by Crippen LogP contribution is -2.24. The van der Waals surface area contributed by atoms with Crippen LogP contribution in [-0.4, -0.2) is 22.1 Å². The highest BCUT2D eigenvalue weighted by atomic mass is 79.9. The summed E-state index contributed by atoms with van der Waals surface area (Å²) in [6.45, 7) is 1.87. The van der Waals surface area contributed by atoms with Gasteiger partial charge in [0, 0.05) is 16.6 Å². The molecule has 158 valence electrons. The number of rotatable bonds is 9. The van der Waals surface area contributed by atoms with E-state index in [0.29, 0.717) is 18.7 Å². The van der Waals surface area contributed by atoms with Crippen LogP contribution in [0.2, 0.25) is 0 Å². The second-order valence-electron chi connectivity index (χ2n) is 7.23. The number of nitrogens with zero attached hydrogens (tertiary/aromatic N) is 2. The van der Waals surface area contributed by atoms with Crippen LogP contribution in [0.25, 0.3) is 11.0 Å². The third-order valence-electron chi connectivity index (χ3n) is 5.04. The van der Waals surface area contributed by atoms with Crippen LogP contribution in [0.5, 0.6) is 5.75 Å². The number of imidazole rings is 1. The molecule has 0 spiro atoms. The van der Waals surface area contributed by atoms with Crippen molar-refractivity contribution in [2.24, 2.45) is 0 Å². The molecule has 3 aromatic carbocycles. The maximum absolute atomic E-state index is 12.5. The fraction of sp³-hybridized carbons (Fsp3) is 0.200. The quantitative estimate of drug-likeness (QED) is 0.319. The minimum Gasteiger partial charge on any atom is -0.494 e. The number of halogens is 1. The van der Waals surface area contributed by atoms with Gasteiger partial charge in [0.1, 0.15) is 11.6 Å². The maximum atomic E-state index is 12.5. The van der Waals surface area contributed by atoms with Crippen molar-refractivity contribution in [3.05, 3.63) is 94.7 Å². The Labute approximate surface area is 190 Å². The molecule has 0 bridgehead atoms. The van der Waals surface area contributed by atoms with E-state index in [0.717, 1.165) is 46.5 Å². The Morgan fingerprint density at radius 2 is 1.68 bits per heavy atom. The first-order valence-corrected chi connectivity index (χ1v) is 11.2. The summed E-state index contributed by atoms with van der Waals surface area (Å²) in [7, 11) is 0. The van der Waals surface area contributed by atoms with Crippen LogP contribution in [-0.2, 0) is 13.1 Å². The number of aryl methyl sites for hydroxylation is 1. The molecule has 0 aliphatic carbocycles. The maximum Gasteiger partial charge on any atom is 0.251 e. The molecule has 6 heteroatoms. The normalized spacial score (nSPS) is 10.9. The molecule has 0 saturated carbocycles. The van der Waals surface area contributed by atoms with Gasteiger partial charge in [-0.25, -0.2) is 4.98 Å². The summed E-state index contributed by atoms with van der Waals surface area (Å²) in [5.41, 5.74) is 2.65. The van der Waals surface area contributed by atoms with Gasteiger partial charge in [-0.15, -0.1) is 0 Å². The molecule has 4 aromatic rings. The number of amides is 1. The van der Waals surface area contributed by atoms with E-state index < -0.39 is 0 Å². The number of ether oxygens (including phenoxy) is 1. The van der Waals surface area contributed by atoms with Crippen molar-refractivity contribution >= 4 is 32.9 Å². The number of unbranched alkanes of at least 4 members (excludes halogenated alkanes) is 1. The average molecular weight is 478 g/mol. The Morgan fingerprint density at radius 3 is 2.48 bits per heavy atom. The van der Waals surface area contributed by atoms with Gasteiger partial charge < -0.3 is 14.6 Å². The van der Waals surface area contributed by atoms with E-state index in [2.05, 4.69) is 31.9 Å². The Morgan fingerprint density at radius 1 is 0.935 bits per heavy atom. The van der Waals surface area contributed by atoms with E-state index in [1.54, 1.807) is 12.1 Å². The summed E-state index contributed by atoms with van der Waals surface area (Å²) in [4.78, 5) is 17.3. The average Bonchev–Trinajstić information content (AvgIpc) is 3.16. The summed E-state index contributed by atoms with van der Waals surface area (Å²) >= 11 is 3.39. The number of fused-ring (bicyclic) bond motifs is 1. The van der Waals surface area contributed by atoms with Gasteiger partial charge in [0.25, 0.3) is 5.91 Å². The van der Waals surface area contributed by atoms with Crippen LogP contribution in [0.1, 0.15) is 29.0 Å². The molecule has 0 aliphatic heterocycles. The fourth-order valence-corrected chi connectivity index (χ4v) is 3.72. The minimum atomic E-state index is -0.109. The van der Waals surface area contributed by atoms with Gasteiger partial charge in [-0.05, 0) is 61.4 Å². The molecule has 1 amide bonds. The molecule has 0 aliphatic rings. The zero-order valence-corrected chi connectivity index (χ0v) is 18.7. The molecule has 4 rings (SSSR count). The standard InChI is InChI=1S/C25H24BrN3O2/c26-20-14-12-19(13-15-20)25(30)27-18-24-28-22-10-4-5-11-23(22)29(24)16-6-7-17-31-21-8-2-1-3-9-21/h1-5,8-15H,6-7,16-18H2,(H,27,30). The van der Waals surface area contributed by atoms with Gasteiger partial charge in [-0.1, -0.05) is 46.3 Å². The number of benzene rings is 3. The summed E-state index contributed by atoms with van der Waals surface area (Å²) in [5.74, 6) is 1.64. The fourth-order valence-electron chi connectivity index (χ4n) is 3.45. The van der Waals surface area contributed by atoms with E-state index in [1.165, 1.54) is 0 Å². The molecular weight excluding hydrogens is 454 g/mol. The van der Waals surface area contributed by atoms with Crippen molar-refractivity contribution in [2.75, 3.05) is 6.61 Å². The number of hydrogen-bond donors (Lipinski definition) is 1. The highest BCUT2D eigenvalue weighted by molar-refractivity contribution is 9.10. The summed E-state index contributed by atoms with van der Waals surface area (Å²) in [6.07, 6.45) is 1.90. The van der Waals surface area contributed by atoms with Crippen molar-refractivity contribution in [3.63, 3.8) is 0 Å². The van der Waals surface area contributed by atoms with Crippen LogP contribution in [0.4, 0.5) is 0 Å². The van der Waals surface area contributed by atoms with Crippen LogP contribution in [0, 0.1) is 0 Å².